The van der Waals surface area contributed by atoms with E-state index < -0.39 is 11.6 Å². The molecule has 0 bridgehead atoms. The zero-order chi connectivity index (χ0) is 15.4. The lowest BCUT2D eigenvalue weighted by molar-refractivity contribution is 0.461. The van der Waals surface area contributed by atoms with Gasteiger partial charge in [0.1, 0.15) is 5.82 Å². The van der Waals surface area contributed by atoms with Crippen molar-refractivity contribution in [3.05, 3.63) is 70.5 Å². The second-order valence-corrected chi connectivity index (χ2v) is 5.04. The number of nitrogens with one attached hydrogen (secondary N) is 1. The van der Waals surface area contributed by atoms with E-state index in [4.69, 9.17) is 0 Å². The molecule has 0 radical (unpaired) electrons. The Labute approximate surface area is 122 Å². The van der Waals surface area contributed by atoms with Crippen LogP contribution in [0.4, 0.5) is 13.2 Å². The summed E-state index contributed by atoms with van der Waals surface area (Å²) in [5, 5.41) is 3.15. The van der Waals surface area contributed by atoms with Gasteiger partial charge in [-0.1, -0.05) is 31.2 Å². The van der Waals surface area contributed by atoms with E-state index >= 15 is 0 Å². The van der Waals surface area contributed by atoms with Crippen molar-refractivity contribution in [3.63, 3.8) is 0 Å². The van der Waals surface area contributed by atoms with Crippen molar-refractivity contribution in [1.29, 1.82) is 0 Å². The summed E-state index contributed by atoms with van der Waals surface area (Å²) in [6, 6.07) is 8.86. The molecule has 4 heteroatoms. The molecule has 0 aliphatic rings. The fourth-order valence-electron chi connectivity index (χ4n) is 2.32. The SMILES string of the molecule is CCNC(Cc1ccc(F)cc1)c1ccc(C)c(F)c1F. The van der Waals surface area contributed by atoms with Crippen LogP contribution in [0.2, 0.25) is 0 Å². The zero-order valence-corrected chi connectivity index (χ0v) is 12.1. The lowest BCUT2D eigenvalue weighted by Gasteiger charge is -2.20. The first-order chi connectivity index (χ1) is 10.0. The lowest BCUT2D eigenvalue weighted by Crippen LogP contribution is -2.24. The minimum atomic E-state index is -0.817. The predicted octanol–water partition coefficient (Wildman–Crippen LogP) is 4.31. The van der Waals surface area contributed by atoms with Crippen molar-refractivity contribution in [2.75, 3.05) is 6.54 Å². The van der Waals surface area contributed by atoms with Crippen molar-refractivity contribution in [1.82, 2.24) is 5.32 Å². The molecular formula is C17H18F3N. The van der Waals surface area contributed by atoms with Crippen LogP contribution in [0.3, 0.4) is 0 Å². The van der Waals surface area contributed by atoms with E-state index in [9.17, 15) is 13.2 Å². The lowest BCUT2D eigenvalue weighted by atomic mass is 9.97. The number of halogens is 3. The predicted molar refractivity (Wildman–Crippen MR) is 77.6 cm³/mol. The van der Waals surface area contributed by atoms with Crippen molar-refractivity contribution in [3.8, 4) is 0 Å². The zero-order valence-electron chi connectivity index (χ0n) is 12.1. The van der Waals surface area contributed by atoms with Crippen LogP contribution in [0.25, 0.3) is 0 Å². The molecular weight excluding hydrogens is 275 g/mol. The third-order valence-electron chi connectivity index (χ3n) is 3.48. The first-order valence-corrected chi connectivity index (χ1v) is 6.95. The van der Waals surface area contributed by atoms with E-state index in [1.807, 2.05) is 6.92 Å². The van der Waals surface area contributed by atoms with E-state index in [1.54, 1.807) is 24.3 Å². The van der Waals surface area contributed by atoms with Gasteiger partial charge in [0.25, 0.3) is 0 Å². The third kappa shape index (κ3) is 3.64. The fraction of sp³-hybridized carbons (Fsp3) is 0.294. The molecule has 1 unspecified atom stereocenters. The van der Waals surface area contributed by atoms with Crippen LogP contribution in [-0.4, -0.2) is 6.54 Å². The van der Waals surface area contributed by atoms with Gasteiger partial charge in [-0.15, -0.1) is 0 Å². The van der Waals surface area contributed by atoms with Crippen LogP contribution in [0.5, 0.6) is 0 Å². The normalized spacial score (nSPS) is 12.4. The average Bonchev–Trinajstić information content (AvgIpc) is 2.47. The van der Waals surface area contributed by atoms with Gasteiger partial charge in [-0.05, 0) is 43.1 Å². The third-order valence-corrected chi connectivity index (χ3v) is 3.48. The summed E-state index contributed by atoms with van der Waals surface area (Å²) in [6.07, 6.45) is 0.466. The maximum absolute atomic E-state index is 14.1. The molecule has 0 saturated heterocycles. The Morgan fingerprint density at radius 2 is 1.62 bits per heavy atom. The molecule has 21 heavy (non-hydrogen) atoms. The topological polar surface area (TPSA) is 12.0 Å². The van der Waals surface area contributed by atoms with E-state index in [2.05, 4.69) is 5.32 Å². The first-order valence-electron chi connectivity index (χ1n) is 6.95. The van der Waals surface area contributed by atoms with Crippen molar-refractivity contribution in [2.45, 2.75) is 26.3 Å². The summed E-state index contributed by atoms with van der Waals surface area (Å²) in [5.74, 6) is -1.94. The molecule has 2 rings (SSSR count). The smallest absolute Gasteiger partial charge is 0.163 e. The molecule has 1 atom stereocenters. The molecule has 1 nitrogen and oxygen atoms in total. The van der Waals surface area contributed by atoms with Crippen LogP contribution in [-0.2, 0) is 6.42 Å². The van der Waals surface area contributed by atoms with Crippen molar-refractivity contribution < 1.29 is 13.2 Å². The minimum absolute atomic E-state index is 0.285. The van der Waals surface area contributed by atoms with E-state index in [1.165, 1.54) is 19.1 Å². The molecule has 0 aromatic heterocycles. The monoisotopic (exact) mass is 293 g/mol. The highest BCUT2D eigenvalue weighted by atomic mass is 19.2. The maximum Gasteiger partial charge on any atom is 0.163 e. The van der Waals surface area contributed by atoms with Gasteiger partial charge in [0.05, 0.1) is 0 Å². The van der Waals surface area contributed by atoms with Gasteiger partial charge in [0, 0.05) is 11.6 Å². The quantitative estimate of drug-likeness (QED) is 0.866. The number of likely N-dealkylation sites (N-methyl/N-ethyl adjacent to an activating group) is 1. The second kappa shape index (κ2) is 6.76. The maximum atomic E-state index is 14.1. The Kier molecular flexibility index (Phi) is 5.02. The molecule has 112 valence electrons. The minimum Gasteiger partial charge on any atom is -0.310 e. The summed E-state index contributed by atoms with van der Waals surface area (Å²) >= 11 is 0. The van der Waals surface area contributed by atoms with Crippen LogP contribution >= 0.6 is 0 Å². The Morgan fingerprint density at radius 3 is 2.24 bits per heavy atom. The summed E-state index contributed by atoms with van der Waals surface area (Å²) < 4.78 is 40.8. The van der Waals surface area contributed by atoms with Gasteiger partial charge in [-0.3, -0.25) is 0 Å². The molecule has 2 aromatic rings. The Balaban J connectivity index is 2.30. The van der Waals surface area contributed by atoms with Gasteiger partial charge >= 0.3 is 0 Å². The fourth-order valence-corrected chi connectivity index (χ4v) is 2.32. The molecule has 0 saturated carbocycles. The molecule has 2 aromatic carbocycles. The van der Waals surface area contributed by atoms with Gasteiger partial charge in [0.15, 0.2) is 11.6 Å². The van der Waals surface area contributed by atoms with Crippen molar-refractivity contribution in [2.24, 2.45) is 0 Å². The number of rotatable bonds is 5. The number of hydrogen-bond donors (Lipinski definition) is 1. The first kappa shape index (κ1) is 15.6. The van der Waals surface area contributed by atoms with Crippen LogP contribution in [0.1, 0.15) is 29.7 Å². The van der Waals surface area contributed by atoms with Crippen molar-refractivity contribution >= 4 is 0 Å². The summed E-state index contributed by atoms with van der Waals surface area (Å²) in [6.45, 7) is 4.06. The molecule has 0 heterocycles. The summed E-state index contributed by atoms with van der Waals surface area (Å²) in [7, 11) is 0. The molecule has 1 N–H and O–H groups in total. The van der Waals surface area contributed by atoms with E-state index in [-0.39, 0.29) is 17.4 Å². The van der Waals surface area contributed by atoms with Crippen LogP contribution in [0, 0.1) is 24.4 Å². The Hall–Kier alpha value is -1.81. The highest BCUT2D eigenvalue weighted by Crippen LogP contribution is 2.24. The van der Waals surface area contributed by atoms with Gasteiger partial charge in [-0.25, -0.2) is 13.2 Å². The Bertz CT molecular complexity index is 608. The van der Waals surface area contributed by atoms with Gasteiger partial charge < -0.3 is 5.32 Å². The number of hydrogen-bond acceptors (Lipinski definition) is 1. The number of aryl methyl sites for hydroxylation is 1. The summed E-state index contributed by atoms with van der Waals surface area (Å²) in [5.41, 5.74) is 1.44. The number of benzene rings is 2. The van der Waals surface area contributed by atoms with Gasteiger partial charge in [0.2, 0.25) is 0 Å². The second-order valence-electron chi connectivity index (χ2n) is 5.04. The molecule has 0 aliphatic heterocycles. The Morgan fingerprint density at radius 1 is 0.952 bits per heavy atom. The molecule has 0 amide bonds. The van der Waals surface area contributed by atoms with Crippen LogP contribution in [0.15, 0.2) is 36.4 Å². The molecule has 0 spiro atoms. The molecule has 0 aliphatic carbocycles. The standard InChI is InChI=1S/C17H18F3N/c1-3-21-15(10-12-5-7-13(18)8-6-12)14-9-4-11(2)16(19)17(14)20/h4-9,15,21H,3,10H2,1-2H3. The van der Waals surface area contributed by atoms with Crippen LogP contribution < -0.4 is 5.32 Å². The van der Waals surface area contributed by atoms with Gasteiger partial charge in [-0.2, -0.15) is 0 Å². The largest absolute Gasteiger partial charge is 0.310 e. The van der Waals surface area contributed by atoms with E-state index in [0.717, 1.165) is 5.56 Å². The highest BCUT2D eigenvalue weighted by molar-refractivity contribution is 5.30. The molecule has 0 fully saturated rings. The summed E-state index contributed by atoms with van der Waals surface area (Å²) in [4.78, 5) is 0. The highest BCUT2D eigenvalue weighted by Gasteiger charge is 2.19. The average molecular weight is 293 g/mol. The van der Waals surface area contributed by atoms with E-state index in [0.29, 0.717) is 18.5 Å².